The Morgan fingerprint density at radius 1 is 0.862 bits per heavy atom. The lowest BCUT2D eigenvalue weighted by atomic mass is 10.1. The second-order valence-corrected chi connectivity index (χ2v) is 7.99. The van der Waals surface area contributed by atoms with Crippen LogP contribution in [0.25, 0.3) is 0 Å². The van der Waals surface area contributed by atoms with Gasteiger partial charge < -0.3 is 29.2 Å². The minimum Gasteiger partial charge on any atom is -0.454 e. The summed E-state index contributed by atoms with van der Waals surface area (Å²) >= 11 is 5.81. The van der Waals surface area contributed by atoms with Crippen molar-refractivity contribution >= 4 is 17.3 Å². The molecule has 1 aliphatic carbocycles. The number of rotatable bonds is 5. The highest BCUT2D eigenvalue weighted by Crippen LogP contribution is 2.34. The highest BCUT2D eigenvalue weighted by molar-refractivity contribution is 7.80. The average Bonchev–Trinajstić information content (AvgIpc) is 3.50. The van der Waals surface area contributed by atoms with Gasteiger partial charge in [-0.1, -0.05) is 25.0 Å². The Morgan fingerprint density at radius 2 is 1.45 bits per heavy atom. The first-order valence-corrected chi connectivity index (χ1v) is 10.5. The largest absolute Gasteiger partial charge is 0.454 e. The van der Waals surface area contributed by atoms with Gasteiger partial charge >= 0.3 is 0 Å². The molecule has 0 amide bonds. The quantitative estimate of drug-likeness (QED) is 0.746. The van der Waals surface area contributed by atoms with E-state index in [0.29, 0.717) is 19.4 Å². The van der Waals surface area contributed by atoms with E-state index in [0.717, 1.165) is 40.2 Å². The van der Waals surface area contributed by atoms with Gasteiger partial charge in [-0.25, -0.2) is 0 Å². The zero-order chi connectivity index (χ0) is 19.6. The maximum atomic E-state index is 5.81. The Bertz CT molecular complexity index is 914. The monoisotopic (exact) mass is 412 g/mol. The molecule has 0 atom stereocenters. The molecule has 3 aliphatic rings. The minimum atomic E-state index is 0.287. The van der Waals surface area contributed by atoms with Gasteiger partial charge in [0.05, 0.1) is 0 Å². The summed E-state index contributed by atoms with van der Waals surface area (Å²) in [5, 5.41) is 4.23. The van der Waals surface area contributed by atoms with E-state index in [9.17, 15) is 0 Å². The van der Waals surface area contributed by atoms with E-state index in [-0.39, 0.29) is 6.79 Å². The zero-order valence-corrected chi connectivity index (χ0v) is 17.0. The molecule has 1 N–H and O–H groups in total. The highest BCUT2D eigenvalue weighted by atomic mass is 32.1. The molecule has 1 fully saturated rings. The number of hydrogen-bond donors (Lipinski definition) is 1. The summed E-state index contributed by atoms with van der Waals surface area (Å²) in [6.07, 6.45) is 4.87. The predicted molar refractivity (Wildman–Crippen MR) is 112 cm³/mol. The first kappa shape index (κ1) is 18.4. The van der Waals surface area contributed by atoms with Crippen molar-refractivity contribution < 1.29 is 18.9 Å². The molecule has 5 rings (SSSR count). The van der Waals surface area contributed by atoms with Gasteiger partial charge in [0, 0.05) is 19.1 Å². The average molecular weight is 413 g/mol. The summed E-state index contributed by atoms with van der Waals surface area (Å²) in [6.45, 7) is 1.99. The Morgan fingerprint density at radius 3 is 2.14 bits per heavy atom. The van der Waals surface area contributed by atoms with Crippen molar-refractivity contribution in [1.82, 2.24) is 10.2 Å². The fourth-order valence-electron chi connectivity index (χ4n) is 4.15. The van der Waals surface area contributed by atoms with Crippen molar-refractivity contribution in [2.45, 2.75) is 44.8 Å². The number of nitrogens with zero attached hydrogens (tertiary/aromatic N) is 1. The van der Waals surface area contributed by atoms with Gasteiger partial charge in [-0.15, -0.1) is 0 Å². The van der Waals surface area contributed by atoms with Crippen LogP contribution in [0.2, 0.25) is 0 Å². The van der Waals surface area contributed by atoms with Crippen LogP contribution in [0, 0.1) is 0 Å². The van der Waals surface area contributed by atoms with Crippen molar-refractivity contribution in [3.63, 3.8) is 0 Å². The highest BCUT2D eigenvalue weighted by Gasteiger charge is 2.25. The molecule has 0 aromatic heterocycles. The summed E-state index contributed by atoms with van der Waals surface area (Å²) < 4.78 is 21.8. The molecule has 6 nitrogen and oxygen atoms in total. The lowest BCUT2D eigenvalue weighted by molar-refractivity contribution is 0.173. The van der Waals surface area contributed by atoms with Gasteiger partial charge in [0.1, 0.15) is 0 Å². The van der Waals surface area contributed by atoms with Crippen molar-refractivity contribution in [2.24, 2.45) is 0 Å². The third kappa shape index (κ3) is 3.92. The molecule has 29 heavy (non-hydrogen) atoms. The van der Waals surface area contributed by atoms with Gasteiger partial charge in [-0.05, 0) is 60.5 Å². The summed E-state index contributed by atoms with van der Waals surface area (Å²) in [5.41, 5.74) is 2.29. The number of benzene rings is 2. The third-order valence-electron chi connectivity index (χ3n) is 5.70. The van der Waals surface area contributed by atoms with Crippen LogP contribution in [0.4, 0.5) is 0 Å². The predicted octanol–water partition coefficient (Wildman–Crippen LogP) is 3.96. The molecular formula is C22H24N2O4S. The number of fused-ring (bicyclic) bond motifs is 2. The van der Waals surface area contributed by atoms with Crippen LogP contribution in [-0.4, -0.2) is 29.6 Å². The molecule has 2 aromatic rings. The summed E-state index contributed by atoms with van der Waals surface area (Å²) in [7, 11) is 0. The second-order valence-electron chi connectivity index (χ2n) is 7.60. The molecule has 7 heteroatoms. The molecule has 2 aliphatic heterocycles. The molecular weight excluding hydrogens is 388 g/mol. The van der Waals surface area contributed by atoms with Crippen LogP contribution in [0.15, 0.2) is 36.4 Å². The Kier molecular flexibility index (Phi) is 5.06. The fourth-order valence-corrected chi connectivity index (χ4v) is 4.43. The summed E-state index contributed by atoms with van der Waals surface area (Å²) in [4.78, 5) is 2.33. The molecule has 0 unspecified atom stereocenters. The van der Waals surface area contributed by atoms with Crippen molar-refractivity contribution in [1.29, 1.82) is 0 Å². The molecule has 152 valence electrons. The molecule has 0 bridgehead atoms. The minimum absolute atomic E-state index is 0.287. The van der Waals surface area contributed by atoms with E-state index in [1.165, 1.54) is 31.2 Å². The lowest BCUT2D eigenvalue weighted by Gasteiger charge is -2.32. The van der Waals surface area contributed by atoms with E-state index in [2.05, 4.69) is 22.3 Å². The van der Waals surface area contributed by atoms with Crippen LogP contribution in [-0.2, 0) is 13.1 Å². The van der Waals surface area contributed by atoms with Gasteiger partial charge in [0.15, 0.2) is 28.1 Å². The third-order valence-corrected chi connectivity index (χ3v) is 6.08. The van der Waals surface area contributed by atoms with E-state index in [1.807, 2.05) is 24.3 Å². The van der Waals surface area contributed by atoms with E-state index < -0.39 is 0 Å². The summed E-state index contributed by atoms with van der Waals surface area (Å²) in [6, 6.07) is 12.6. The van der Waals surface area contributed by atoms with Crippen LogP contribution in [0.3, 0.4) is 0 Å². The van der Waals surface area contributed by atoms with Gasteiger partial charge in [-0.2, -0.15) is 0 Å². The standard InChI is InChI=1S/C22H24N2O4S/c29-22(23-11-15-5-7-18-20(9-15)27-13-25-18)24(17-3-1-2-4-17)12-16-6-8-19-21(10-16)28-14-26-19/h5-10,17H,1-4,11-14H2,(H,23,29). The second kappa shape index (κ2) is 7.99. The normalized spacial score (nSPS) is 16.8. The molecule has 2 aromatic carbocycles. The molecule has 1 saturated carbocycles. The Labute approximate surface area is 175 Å². The van der Waals surface area contributed by atoms with Crippen molar-refractivity contribution in [3.8, 4) is 23.0 Å². The zero-order valence-electron chi connectivity index (χ0n) is 16.2. The van der Waals surface area contributed by atoms with E-state index >= 15 is 0 Å². The number of ether oxygens (including phenoxy) is 4. The smallest absolute Gasteiger partial charge is 0.231 e. The number of nitrogens with one attached hydrogen (secondary N) is 1. The Hall–Kier alpha value is -2.67. The van der Waals surface area contributed by atoms with Gasteiger partial charge in [0.2, 0.25) is 13.6 Å². The van der Waals surface area contributed by atoms with Gasteiger partial charge in [0.25, 0.3) is 0 Å². The number of hydrogen-bond acceptors (Lipinski definition) is 5. The van der Waals surface area contributed by atoms with E-state index in [1.54, 1.807) is 0 Å². The van der Waals surface area contributed by atoms with Crippen molar-refractivity contribution in [2.75, 3.05) is 13.6 Å². The first-order chi connectivity index (χ1) is 14.3. The maximum absolute atomic E-state index is 5.81. The van der Waals surface area contributed by atoms with Crippen LogP contribution < -0.4 is 24.3 Å². The topological polar surface area (TPSA) is 52.2 Å². The van der Waals surface area contributed by atoms with Crippen LogP contribution >= 0.6 is 12.2 Å². The summed E-state index contributed by atoms with van der Waals surface area (Å²) in [5.74, 6) is 3.22. The van der Waals surface area contributed by atoms with Gasteiger partial charge in [-0.3, -0.25) is 0 Å². The molecule has 0 spiro atoms. The van der Waals surface area contributed by atoms with Crippen LogP contribution in [0.1, 0.15) is 36.8 Å². The Balaban J connectivity index is 1.28. The SMILES string of the molecule is S=C(NCc1ccc2c(c1)OCO2)N(Cc1ccc2c(c1)OCO2)C1CCCC1. The van der Waals surface area contributed by atoms with E-state index in [4.69, 9.17) is 31.2 Å². The first-order valence-electron chi connectivity index (χ1n) is 10.1. The lowest BCUT2D eigenvalue weighted by Crippen LogP contribution is -2.44. The molecule has 0 radical (unpaired) electrons. The molecule has 2 heterocycles. The fraction of sp³-hybridized carbons (Fsp3) is 0.409. The number of thiocarbonyl (C=S) groups is 1. The molecule has 0 saturated heterocycles. The maximum Gasteiger partial charge on any atom is 0.231 e. The van der Waals surface area contributed by atoms with Crippen molar-refractivity contribution in [3.05, 3.63) is 47.5 Å². The van der Waals surface area contributed by atoms with Crippen LogP contribution in [0.5, 0.6) is 23.0 Å².